The first-order valence-electron chi connectivity index (χ1n) is 7.95. The summed E-state index contributed by atoms with van der Waals surface area (Å²) < 4.78 is 0. The average Bonchev–Trinajstić information content (AvgIpc) is 2.62. The molecule has 3 rings (SSSR count). The van der Waals surface area contributed by atoms with Crippen molar-refractivity contribution in [2.45, 2.75) is 19.8 Å². The van der Waals surface area contributed by atoms with Crippen LogP contribution in [0.2, 0.25) is 0 Å². The fraction of sp³-hybridized carbons (Fsp3) is 0.143. The maximum atomic E-state index is 11.1. The molecule has 0 aliphatic rings. The lowest BCUT2D eigenvalue weighted by molar-refractivity contribution is 0.0697. The Kier molecular flexibility index (Phi) is 4.43. The zero-order valence-electron chi connectivity index (χ0n) is 13.7. The van der Waals surface area contributed by atoms with Crippen LogP contribution < -0.4 is 0 Å². The highest BCUT2D eigenvalue weighted by Gasteiger charge is 2.07. The minimum atomic E-state index is -0.933. The number of aromatic nitrogens is 1. The van der Waals surface area contributed by atoms with E-state index in [1.54, 1.807) is 24.4 Å². The van der Waals surface area contributed by atoms with Crippen LogP contribution in [0.4, 0.5) is 0 Å². The van der Waals surface area contributed by atoms with Gasteiger partial charge in [0.25, 0.3) is 0 Å². The van der Waals surface area contributed by atoms with E-state index < -0.39 is 5.97 Å². The van der Waals surface area contributed by atoms with Crippen LogP contribution in [-0.2, 0) is 0 Å². The Hall–Kier alpha value is -2.94. The Bertz CT molecular complexity index is 867. The zero-order valence-corrected chi connectivity index (χ0v) is 13.7. The molecule has 1 aromatic heterocycles. The molecule has 3 nitrogen and oxygen atoms in total. The number of aromatic carboxylic acids is 1. The highest BCUT2D eigenvalue weighted by atomic mass is 16.4. The van der Waals surface area contributed by atoms with Crippen LogP contribution in [0.25, 0.3) is 22.4 Å². The minimum absolute atomic E-state index is 0.265. The fourth-order valence-corrected chi connectivity index (χ4v) is 2.64. The molecule has 0 saturated carbocycles. The SMILES string of the molecule is CC(C)c1ccc(-c2ccnc(-c3cccc(C(=O)O)c3)c2)cc1. The van der Waals surface area contributed by atoms with Crippen LogP contribution in [0.1, 0.15) is 35.7 Å². The topological polar surface area (TPSA) is 50.2 Å². The monoisotopic (exact) mass is 317 g/mol. The van der Waals surface area contributed by atoms with Crippen LogP contribution in [0, 0.1) is 0 Å². The molecule has 0 radical (unpaired) electrons. The van der Waals surface area contributed by atoms with E-state index in [0.717, 1.165) is 22.4 Å². The van der Waals surface area contributed by atoms with Gasteiger partial charge in [0.2, 0.25) is 0 Å². The predicted octanol–water partition coefficient (Wildman–Crippen LogP) is 5.24. The highest BCUT2D eigenvalue weighted by molar-refractivity contribution is 5.89. The van der Waals surface area contributed by atoms with E-state index in [4.69, 9.17) is 5.11 Å². The van der Waals surface area contributed by atoms with Gasteiger partial charge in [-0.1, -0.05) is 50.2 Å². The minimum Gasteiger partial charge on any atom is -0.478 e. The van der Waals surface area contributed by atoms with Gasteiger partial charge in [0.1, 0.15) is 0 Å². The van der Waals surface area contributed by atoms with Gasteiger partial charge in [0.15, 0.2) is 0 Å². The quantitative estimate of drug-likeness (QED) is 0.716. The molecule has 1 N–H and O–H groups in total. The number of carboxylic acids is 1. The molecule has 0 aliphatic carbocycles. The number of benzene rings is 2. The van der Waals surface area contributed by atoms with Crippen LogP contribution >= 0.6 is 0 Å². The van der Waals surface area contributed by atoms with Crippen LogP contribution in [0.5, 0.6) is 0 Å². The number of hydrogen-bond acceptors (Lipinski definition) is 2. The van der Waals surface area contributed by atoms with Crippen molar-refractivity contribution in [2.24, 2.45) is 0 Å². The van der Waals surface area contributed by atoms with Crippen molar-refractivity contribution in [3.05, 3.63) is 78.0 Å². The number of hydrogen-bond donors (Lipinski definition) is 1. The highest BCUT2D eigenvalue weighted by Crippen LogP contribution is 2.26. The summed E-state index contributed by atoms with van der Waals surface area (Å²) >= 11 is 0. The first-order chi connectivity index (χ1) is 11.5. The summed E-state index contributed by atoms with van der Waals surface area (Å²) in [5.41, 5.74) is 5.33. The molecule has 0 aliphatic heterocycles. The first-order valence-corrected chi connectivity index (χ1v) is 7.95. The second-order valence-corrected chi connectivity index (χ2v) is 6.09. The molecule has 0 bridgehead atoms. The summed E-state index contributed by atoms with van der Waals surface area (Å²) in [7, 11) is 0. The van der Waals surface area contributed by atoms with Gasteiger partial charge in [0, 0.05) is 11.8 Å². The van der Waals surface area contributed by atoms with E-state index in [1.807, 2.05) is 18.2 Å². The lowest BCUT2D eigenvalue weighted by atomic mass is 9.98. The molecule has 0 fully saturated rings. The fourth-order valence-electron chi connectivity index (χ4n) is 2.64. The standard InChI is InChI=1S/C21H19NO2/c1-14(2)15-6-8-16(9-7-15)17-10-11-22-20(13-17)18-4-3-5-19(12-18)21(23)24/h3-14H,1-2H3,(H,23,24). The van der Waals surface area contributed by atoms with Crippen LogP contribution in [-0.4, -0.2) is 16.1 Å². The molecule has 24 heavy (non-hydrogen) atoms. The molecule has 0 spiro atoms. The van der Waals surface area contributed by atoms with Crippen molar-refractivity contribution in [3.8, 4) is 22.4 Å². The van der Waals surface area contributed by atoms with Crippen molar-refractivity contribution >= 4 is 5.97 Å². The zero-order chi connectivity index (χ0) is 17.1. The lowest BCUT2D eigenvalue weighted by Gasteiger charge is -2.08. The van der Waals surface area contributed by atoms with Crippen molar-refractivity contribution in [3.63, 3.8) is 0 Å². The van der Waals surface area contributed by atoms with E-state index in [1.165, 1.54) is 5.56 Å². The Morgan fingerprint density at radius 1 is 0.917 bits per heavy atom. The first kappa shape index (κ1) is 15.9. The summed E-state index contributed by atoms with van der Waals surface area (Å²) in [6.45, 7) is 4.35. The Labute approximate surface area is 141 Å². The summed E-state index contributed by atoms with van der Waals surface area (Å²) in [5.74, 6) is -0.428. The number of carbonyl (C=O) groups is 1. The lowest BCUT2D eigenvalue weighted by Crippen LogP contribution is -1.96. The van der Waals surface area contributed by atoms with Gasteiger partial charge >= 0.3 is 5.97 Å². The second-order valence-electron chi connectivity index (χ2n) is 6.09. The molecular weight excluding hydrogens is 298 g/mol. The van der Waals surface area contributed by atoms with Gasteiger partial charge in [-0.2, -0.15) is 0 Å². The summed E-state index contributed by atoms with van der Waals surface area (Å²) in [4.78, 5) is 15.5. The smallest absolute Gasteiger partial charge is 0.335 e. The normalized spacial score (nSPS) is 10.8. The van der Waals surface area contributed by atoms with E-state index in [-0.39, 0.29) is 5.56 Å². The van der Waals surface area contributed by atoms with Gasteiger partial charge in [-0.15, -0.1) is 0 Å². The Morgan fingerprint density at radius 2 is 1.67 bits per heavy atom. The molecule has 0 amide bonds. The molecule has 0 saturated heterocycles. The summed E-state index contributed by atoms with van der Waals surface area (Å²) in [5, 5.41) is 9.14. The molecule has 120 valence electrons. The molecule has 0 atom stereocenters. The Morgan fingerprint density at radius 3 is 2.33 bits per heavy atom. The number of carboxylic acid groups (broad SMARTS) is 1. The third kappa shape index (κ3) is 3.35. The molecule has 0 unspecified atom stereocenters. The molecule has 1 heterocycles. The van der Waals surface area contributed by atoms with E-state index in [2.05, 4.69) is 43.1 Å². The Balaban J connectivity index is 1.97. The third-order valence-corrected chi connectivity index (χ3v) is 4.08. The van der Waals surface area contributed by atoms with Crippen molar-refractivity contribution in [1.29, 1.82) is 0 Å². The summed E-state index contributed by atoms with van der Waals surface area (Å²) in [6, 6.07) is 19.3. The average molecular weight is 317 g/mol. The summed E-state index contributed by atoms with van der Waals surface area (Å²) in [6.07, 6.45) is 1.76. The largest absolute Gasteiger partial charge is 0.478 e. The van der Waals surface area contributed by atoms with Crippen molar-refractivity contribution in [1.82, 2.24) is 4.98 Å². The maximum Gasteiger partial charge on any atom is 0.335 e. The molecule has 3 heteroatoms. The van der Waals surface area contributed by atoms with E-state index in [0.29, 0.717) is 5.92 Å². The van der Waals surface area contributed by atoms with Crippen LogP contribution in [0.3, 0.4) is 0 Å². The van der Waals surface area contributed by atoms with Gasteiger partial charge in [-0.3, -0.25) is 4.98 Å². The third-order valence-electron chi connectivity index (χ3n) is 4.08. The van der Waals surface area contributed by atoms with Gasteiger partial charge in [0.05, 0.1) is 11.3 Å². The maximum absolute atomic E-state index is 11.1. The van der Waals surface area contributed by atoms with E-state index in [9.17, 15) is 4.79 Å². The second kappa shape index (κ2) is 6.67. The van der Waals surface area contributed by atoms with Gasteiger partial charge in [-0.25, -0.2) is 4.79 Å². The van der Waals surface area contributed by atoms with Crippen molar-refractivity contribution in [2.75, 3.05) is 0 Å². The van der Waals surface area contributed by atoms with Gasteiger partial charge in [-0.05, 0) is 46.9 Å². The number of pyridine rings is 1. The number of rotatable bonds is 4. The van der Waals surface area contributed by atoms with Gasteiger partial charge < -0.3 is 5.11 Å². The number of nitrogens with zero attached hydrogens (tertiary/aromatic N) is 1. The molecular formula is C21H19NO2. The van der Waals surface area contributed by atoms with Crippen molar-refractivity contribution < 1.29 is 9.90 Å². The molecule has 3 aromatic rings. The van der Waals surface area contributed by atoms with E-state index >= 15 is 0 Å². The predicted molar refractivity (Wildman–Crippen MR) is 96.2 cm³/mol. The molecule has 2 aromatic carbocycles. The van der Waals surface area contributed by atoms with Crippen LogP contribution in [0.15, 0.2) is 66.9 Å².